The number of amides is 2. The number of fused-ring (bicyclic) bond motifs is 3. The minimum Gasteiger partial charge on any atom is -0.619 e. The molecule has 294 valence electrons. The first-order valence-electron chi connectivity index (χ1n) is 18.3. The smallest absolute Gasteiger partial charge is 0.415 e. The van der Waals surface area contributed by atoms with E-state index >= 15 is 4.39 Å². The van der Waals surface area contributed by atoms with E-state index in [2.05, 4.69) is 4.90 Å². The molecular weight excluding hydrogens is 766 g/mol. The first kappa shape index (κ1) is 39.1. The lowest BCUT2D eigenvalue weighted by atomic mass is 9.86. The lowest BCUT2D eigenvalue weighted by molar-refractivity contribution is -0.605. The Bertz CT molecular complexity index is 2090. The first-order chi connectivity index (χ1) is 27.0. The Kier molecular flexibility index (Phi) is 11.8. The third-order valence-electron chi connectivity index (χ3n) is 10.7. The number of likely N-dealkylation sites (tertiary alicyclic amines) is 1. The van der Waals surface area contributed by atoms with Crippen LogP contribution < -0.4 is 19.1 Å². The number of hydrogen-bond acceptors (Lipinski definition) is 9. The molecule has 1 unspecified atom stereocenters. The number of methoxy groups -OCH3 is 2. The maximum Gasteiger partial charge on any atom is 0.415 e. The fourth-order valence-electron chi connectivity index (χ4n) is 7.55. The van der Waals surface area contributed by atoms with Gasteiger partial charge in [0.2, 0.25) is 0 Å². The van der Waals surface area contributed by atoms with Gasteiger partial charge in [0.1, 0.15) is 28.1 Å². The molecule has 12 nitrogen and oxygen atoms in total. The molecule has 3 aromatic carbocycles. The maximum atomic E-state index is 15.1. The lowest BCUT2D eigenvalue weighted by Crippen LogP contribution is -2.53. The number of hydrogen-bond donors (Lipinski definition) is 0. The molecule has 0 saturated carbocycles. The SMILES string of the molecule is COc1ccc(C(Cc2c(Cl)c[n+]([O-])cc2Cl)OC(=O)C2CN(C(=O)c3cccc(CN(C(=O)O[C@H]4CN5CCC4CC5)c4ccccc4F)c3)C2)cc1OC. The summed E-state index contributed by atoms with van der Waals surface area (Å²) >= 11 is 12.8. The summed E-state index contributed by atoms with van der Waals surface area (Å²) in [6.07, 6.45) is 2.51. The molecule has 4 aliphatic heterocycles. The van der Waals surface area contributed by atoms with Crippen molar-refractivity contribution in [3.05, 3.63) is 122 Å². The van der Waals surface area contributed by atoms with E-state index in [1.54, 1.807) is 54.6 Å². The minimum absolute atomic E-state index is 0.0290. The number of para-hydroxylation sites is 1. The second kappa shape index (κ2) is 16.9. The number of nitrogens with zero attached hydrogens (tertiary/aromatic N) is 4. The predicted octanol–water partition coefficient (Wildman–Crippen LogP) is 6.62. The Balaban J connectivity index is 1.03. The van der Waals surface area contributed by atoms with Gasteiger partial charge in [-0.15, -0.1) is 0 Å². The molecule has 4 aromatic rings. The summed E-state index contributed by atoms with van der Waals surface area (Å²) in [5.74, 6) is -0.864. The van der Waals surface area contributed by atoms with E-state index in [1.165, 1.54) is 48.5 Å². The number of carbonyl (C=O) groups is 3. The van der Waals surface area contributed by atoms with Crippen molar-refractivity contribution in [2.75, 3.05) is 51.8 Å². The van der Waals surface area contributed by atoms with Gasteiger partial charge >= 0.3 is 12.1 Å². The predicted molar refractivity (Wildman–Crippen MR) is 205 cm³/mol. The van der Waals surface area contributed by atoms with E-state index < -0.39 is 29.9 Å². The molecule has 15 heteroatoms. The standard InChI is InChI=1S/C41H41Cl2FN4O8/c1-53-35-11-10-27(17-37(35)54-2)36(18-30-31(42)22-47(52)23-32(30)43)55-40(50)29-20-46(21-29)39(49)28-7-5-6-25(16-28)19-48(34-9-4-3-8-33(34)44)41(51)56-38-24-45-14-12-26(38)13-15-45/h3-11,16-17,22-23,26,29,36,38H,12-15,18-21,24H2,1-2H3/t36?,38-/m0/s1. The number of halogens is 3. The van der Waals surface area contributed by atoms with Crippen LogP contribution in [0.25, 0.3) is 0 Å². The average molecular weight is 808 g/mol. The number of esters is 1. The van der Waals surface area contributed by atoms with Crippen molar-refractivity contribution in [2.45, 2.75) is 38.0 Å². The first-order valence-corrected chi connectivity index (χ1v) is 19.1. The van der Waals surface area contributed by atoms with Crippen LogP contribution in [-0.2, 0) is 27.2 Å². The van der Waals surface area contributed by atoms with Crippen LogP contribution in [-0.4, -0.2) is 80.8 Å². The number of benzene rings is 3. The molecule has 2 atom stereocenters. The van der Waals surface area contributed by atoms with Crippen LogP contribution in [0.2, 0.25) is 10.0 Å². The second-order valence-corrected chi connectivity index (χ2v) is 15.1. The van der Waals surface area contributed by atoms with E-state index in [0.29, 0.717) is 45.0 Å². The summed E-state index contributed by atoms with van der Waals surface area (Å²) in [5, 5.41) is 12.1. The Hall–Kier alpha value is -5.11. The van der Waals surface area contributed by atoms with Crippen LogP contribution in [0, 0.1) is 22.9 Å². The zero-order valence-electron chi connectivity index (χ0n) is 30.9. The summed E-state index contributed by atoms with van der Waals surface area (Å²) in [6.45, 7) is 2.81. The van der Waals surface area contributed by atoms with E-state index in [-0.39, 0.29) is 59.7 Å². The molecule has 0 radical (unpaired) electrons. The van der Waals surface area contributed by atoms with Crippen LogP contribution in [0.3, 0.4) is 0 Å². The number of carbonyl (C=O) groups excluding carboxylic acids is 3. The summed E-state index contributed by atoms with van der Waals surface area (Å²) in [7, 11) is 3.00. The molecule has 2 bridgehead atoms. The van der Waals surface area contributed by atoms with Gasteiger partial charge in [0.05, 0.1) is 32.4 Å². The topological polar surface area (TPSA) is 125 Å². The molecule has 0 N–H and O–H groups in total. The molecule has 1 aromatic heterocycles. The normalized spacial score (nSPS) is 19.4. The van der Waals surface area contributed by atoms with Gasteiger partial charge in [-0.05, 0) is 79.4 Å². The molecule has 0 spiro atoms. The Morgan fingerprint density at radius 3 is 2.30 bits per heavy atom. The molecule has 4 saturated heterocycles. The molecular formula is C41H41Cl2FN4O8. The fraction of sp³-hybridized carbons (Fsp3) is 0.366. The third kappa shape index (κ3) is 8.49. The third-order valence-corrected chi connectivity index (χ3v) is 11.4. The van der Waals surface area contributed by atoms with Crippen molar-refractivity contribution in [1.29, 1.82) is 0 Å². The highest BCUT2D eigenvalue weighted by Gasteiger charge is 2.40. The summed E-state index contributed by atoms with van der Waals surface area (Å²) in [6, 6.07) is 17.9. The monoisotopic (exact) mass is 806 g/mol. The van der Waals surface area contributed by atoms with E-state index in [4.69, 9.17) is 42.1 Å². The fourth-order valence-corrected chi connectivity index (χ4v) is 8.14. The van der Waals surface area contributed by atoms with Crippen molar-refractivity contribution in [3.63, 3.8) is 0 Å². The quantitative estimate of drug-likeness (QED) is 0.0883. The van der Waals surface area contributed by atoms with Crippen LogP contribution in [0.4, 0.5) is 14.9 Å². The van der Waals surface area contributed by atoms with Crippen LogP contribution in [0.15, 0.2) is 79.1 Å². The van der Waals surface area contributed by atoms with E-state index in [0.717, 1.165) is 25.9 Å². The molecule has 5 heterocycles. The van der Waals surface area contributed by atoms with Crippen LogP contribution in [0.1, 0.15) is 46.0 Å². The van der Waals surface area contributed by atoms with Gasteiger partial charge in [0.15, 0.2) is 23.9 Å². The Morgan fingerprint density at radius 1 is 0.929 bits per heavy atom. The summed E-state index contributed by atoms with van der Waals surface area (Å²) in [5.41, 5.74) is 2.01. The summed E-state index contributed by atoms with van der Waals surface area (Å²) in [4.78, 5) is 46.0. The summed E-state index contributed by atoms with van der Waals surface area (Å²) < 4.78 is 38.5. The zero-order valence-corrected chi connectivity index (χ0v) is 32.4. The van der Waals surface area contributed by atoms with Gasteiger partial charge < -0.3 is 29.1 Å². The number of aromatic nitrogens is 1. The van der Waals surface area contributed by atoms with Crippen molar-refractivity contribution >= 4 is 46.9 Å². The molecule has 4 fully saturated rings. The average Bonchev–Trinajstić information content (AvgIpc) is 3.17. The largest absolute Gasteiger partial charge is 0.619 e. The van der Waals surface area contributed by atoms with Crippen molar-refractivity contribution in [2.24, 2.45) is 11.8 Å². The van der Waals surface area contributed by atoms with Gasteiger partial charge in [-0.25, -0.2) is 9.18 Å². The number of anilines is 1. The van der Waals surface area contributed by atoms with Crippen molar-refractivity contribution < 1.29 is 42.5 Å². The number of pyridine rings is 1. The van der Waals surface area contributed by atoms with Crippen molar-refractivity contribution in [3.8, 4) is 11.5 Å². The van der Waals surface area contributed by atoms with E-state index in [9.17, 15) is 19.6 Å². The van der Waals surface area contributed by atoms with Gasteiger partial charge in [-0.3, -0.25) is 19.4 Å². The van der Waals surface area contributed by atoms with Crippen LogP contribution >= 0.6 is 23.2 Å². The van der Waals surface area contributed by atoms with Crippen LogP contribution in [0.5, 0.6) is 11.5 Å². The molecule has 56 heavy (non-hydrogen) atoms. The molecule has 2 amide bonds. The Morgan fingerprint density at radius 2 is 1.64 bits per heavy atom. The van der Waals surface area contributed by atoms with Gasteiger partial charge in [0, 0.05) is 37.2 Å². The number of ether oxygens (including phenoxy) is 4. The second-order valence-electron chi connectivity index (χ2n) is 14.2. The lowest BCUT2D eigenvalue weighted by Gasteiger charge is -2.44. The maximum absolute atomic E-state index is 15.1. The van der Waals surface area contributed by atoms with Gasteiger partial charge in [-0.2, -0.15) is 4.73 Å². The number of piperidine rings is 3. The van der Waals surface area contributed by atoms with Crippen molar-refractivity contribution in [1.82, 2.24) is 9.80 Å². The van der Waals surface area contributed by atoms with Gasteiger partial charge in [0.25, 0.3) is 5.91 Å². The molecule has 0 aliphatic carbocycles. The minimum atomic E-state index is -0.879. The molecule has 4 aliphatic rings. The van der Waals surface area contributed by atoms with E-state index in [1.807, 2.05) is 0 Å². The highest BCUT2D eigenvalue weighted by Crippen LogP contribution is 2.36. The Labute approximate surface area is 333 Å². The highest BCUT2D eigenvalue weighted by atomic mass is 35.5. The van der Waals surface area contributed by atoms with Gasteiger partial charge in [-0.1, -0.05) is 53.5 Å². The highest BCUT2D eigenvalue weighted by molar-refractivity contribution is 6.35. The molecule has 8 rings (SSSR count). The number of rotatable bonds is 12. The zero-order chi connectivity index (χ0) is 39.5.